The summed E-state index contributed by atoms with van der Waals surface area (Å²) < 4.78 is 2.11. The zero-order valence-corrected chi connectivity index (χ0v) is 26.3. The molecule has 2 amide bonds. The Balaban J connectivity index is 1.32. The molecule has 1 aliphatic carbocycles. The van der Waals surface area contributed by atoms with Gasteiger partial charge in [-0.2, -0.15) is 5.10 Å². The molecule has 44 heavy (non-hydrogen) atoms. The van der Waals surface area contributed by atoms with Crippen molar-refractivity contribution < 1.29 is 19.5 Å². The SMILES string of the molecule is C=CCc1ccc(Br)nc1NC(=O)[C@@H]1C[C@@]2(CO)CC2N1C(=O)Cn1nc(C(C)=O)c2cc(-c3cnc(C)nc3)cc(C)c21. The lowest BCUT2D eigenvalue weighted by molar-refractivity contribution is -0.138. The third-order valence-electron chi connectivity index (χ3n) is 8.64. The number of nitrogens with one attached hydrogen (secondary N) is 1. The lowest BCUT2D eigenvalue weighted by Crippen LogP contribution is -2.47. The van der Waals surface area contributed by atoms with Crippen LogP contribution in [0, 0.1) is 19.3 Å². The molecule has 3 aromatic heterocycles. The van der Waals surface area contributed by atoms with Crippen LogP contribution in [0.15, 0.2) is 53.9 Å². The van der Waals surface area contributed by atoms with Gasteiger partial charge in [-0.25, -0.2) is 15.0 Å². The first-order chi connectivity index (χ1) is 21.0. The van der Waals surface area contributed by atoms with Crippen molar-refractivity contribution in [2.24, 2.45) is 5.41 Å². The molecule has 1 saturated carbocycles. The van der Waals surface area contributed by atoms with E-state index in [1.54, 1.807) is 34.1 Å². The lowest BCUT2D eigenvalue weighted by atomic mass is 10.00. The van der Waals surface area contributed by atoms with E-state index >= 15 is 0 Å². The first-order valence-corrected chi connectivity index (χ1v) is 15.1. The molecule has 2 fully saturated rings. The number of carbonyl (C=O) groups excluding carboxylic acids is 3. The number of ketones is 1. The number of allylic oxidation sites excluding steroid dienone is 1. The number of aryl methyl sites for hydroxylation is 2. The van der Waals surface area contributed by atoms with Gasteiger partial charge in [-0.15, -0.1) is 6.58 Å². The van der Waals surface area contributed by atoms with Gasteiger partial charge in [-0.1, -0.05) is 12.1 Å². The van der Waals surface area contributed by atoms with Crippen LogP contribution >= 0.6 is 15.9 Å². The molecule has 2 N–H and O–H groups in total. The normalized spacial score (nSPS) is 20.4. The van der Waals surface area contributed by atoms with Gasteiger partial charge in [0.15, 0.2) is 5.78 Å². The van der Waals surface area contributed by atoms with Gasteiger partial charge in [-0.3, -0.25) is 19.1 Å². The van der Waals surface area contributed by atoms with Crippen molar-refractivity contribution in [3.8, 4) is 11.1 Å². The maximum absolute atomic E-state index is 14.0. The highest BCUT2D eigenvalue weighted by atomic mass is 79.9. The Morgan fingerprint density at radius 2 is 1.91 bits per heavy atom. The highest BCUT2D eigenvalue weighted by Gasteiger charge is 2.67. The molecule has 0 radical (unpaired) electrons. The highest BCUT2D eigenvalue weighted by molar-refractivity contribution is 9.10. The molecule has 0 spiro atoms. The maximum Gasteiger partial charge on any atom is 0.248 e. The van der Waals surface area contributed by atoms with Crippen LogP contribution in [0.1, 0.15) is 47.2 Å². The van der Waals surface area contributed by atoms with Crippen LogP contribution in [0.25, 0.3) is 22.0 Å². The molecule has 3 atom stereocenters. The largest absolute Gasteiger partial charge is 0.396 e. The molecular weight excluding hydrogens is 626 g/mol. The standard InChI is InChI=1S/C32H32BrN7O4/c1-5-6-20-7-8-26(33)36-30(20)37-31(44)24-11-32(16-41)12-25(32)40(24)27(43)15-39-29-17(2)9-21(22-13-34-19(4)35-14-22)10-23(29)28(38-39)18(3)42/h5,7-10,13-14,24-25,41H,1,6,11-12,15-16H2,2-4H3,(H,36,37,44)/t24-,25?,32-/m0/s1. The minimum atomic E-state index is -0.797. The van der Waals surface area contributed by atoms with Crippen molar-refractivity contribution in [3.05, 3.63) is 76.6 Å². The molecule has 0 bridgehead atoms. The van der Waals surface area contributed by atoms with E-state index in [1.807, 2.05) is 32.0 Å². The molecular formula is C32H32BrN7O4. The minimum absolute atomic E-state index is 0.119. The summed E-state index contributed by atoms with van der Waals surface area (Å²) in [6.45, 7) is 8.66. The van der Waals surface area contributed by atoms with Crippen LogP contribution in [-0.2, 0) is 22.6 Å². The van der Waals surface area contributed by atoms with Crippen LogP contribution in [0.5, 0.6) is 0 Å². The zero-order chi connectivity index (χ0) is 31.3. The van der Waals surface area contributed by atoms with Crippen LogP contribution in [0.2, 0.25) is 0 Å². The van der Waals surface area contributed by atoms with E-state index in [1.165, 1.54) is 6.92 Å². The van der Waals surface area contributed by atoms with Crippen LogP contribution in [-0.4, -0.2) is 71.0 Å². The number of benzene rings is 1. The molecule has 6 rings (SSSR count). The van der Waals surface area contributed by atoms with Crippen LogP contribution < -0.4 is 5.32 Å². The Labute approximate surface area is 262 Å². The number of fused-ring (bicyclic) bond motifs is 2. The molecule has 4 aromatic rings. The van der Waals surface area contributed by atoms with E-state index in [4.69, 9.17) is 0 Å². The number of hydrogen-bond acceptors (Lipinski definition) is 8. The van der Waals surface area contributed by atoms with Gasteiger partial charge in [0.2, 0.25) is 11.8 Å². The zero-order valence-electron chi connectivity index (χ0n) is 24.7. The van der Waals surface area contributed by atoms with E-state index in [2.05, 4.69) is 47.9 Å². The lowest BCUT2D eigenvalue weighted by Gasteiger charge is -2.27. The second-order valence-corrected chi connectivity index (χ2v) is 12.5. The summed E-state index contributed by atoms with van der Waals surface area (Å²) in [5, 5.41) is 18.3. The Morgan fingerprint density at radius 1 is 1.16 bits per heavy atom. The Kier molecular flexibility index (Phi) is 7.66. The second kappa shape index (κ2) is 11.3. The Morgan fingerprint density at radius 3 is 2.59 bits per heavy atom. The van der Waals surface area contributed by atoms with Crippen molar-refractivity contribution in [1.82, 2.24) is 29.6 Å². The van der Waals surface area contributed by atoms with Gasteiger partial charge >= 0.3 is 0 Å². The molecule has 4 heterocycles. The summed E-state index contributed by atoms with van der Waals surface area (Å²) in [6.07, 6.45) is 6.66. The molecule has 1 aliphatic heterocycles. The third kappa shape index (κ3) is 5.22. The average molecular weight is 659 g/mol. The molecule has 11 nitrogen and oxygen atoms in total. The van der Waals surface area contributed by atoms with E-state index < -0.39 is 11.5 Å². The van der Waals surface area contributed by atoms with Gasteiger partial charge in [0.25, 0.3) is 0 Å². The first-order valence-electron chi connectivity index (χ1n) is 14.4. The van der Waals surface area contributed by atoms with Gasteiger partial charge in [0.05, 0.1) is 12.1 Å². The number of aromatic nitrogens is 5. The molecule has 1 unspecified atom stereocenters. The molecule has 1 saturated heterocycles. The quantitative estimate of drug-likeness (QED) is 0.155. The van der Waals surface area contributed by atoms with Crippen molar-refractivity contribution in [2.45, 2.75) is 58.7 Å². The van der Waals surface area contributed by atoms with Gasteiger partial charge < -0.3 is 15.3 Å². The highest BCUT2D eigenvalue weighted by Crippen LogP contribution is 2.59. The number of halogens is 1. The predicted molar refractivity (Wildman–Crippen MR) is 168 cm³/mol. The summed E-state index contributed by atoms with van der Waals surface area (Å²) in [4.78, 5) is 55.0. The molecule has 1 aromatic carbocycles. The number of amides is 2. The summed E-state index contributed by atoms with van der Waals surface area (Å²) in [7, 11) is 0. The second-order valence-electron chi connectivity index (χ2n) is 11.7. The maximum atomic E-state index is 14.0. The van der Waals surface area contributed by atoms with Gasteiger partial charge in [-0.05, 0) is 83.9 Å². The Hall–Kier alpha value is -4.29. The van der Waals surface area contributed by atoms with E-state index in [-0.39, 0.29) is 42.5 Å². The van der Waals surface area contributed by atoms with Crippen molar-refractivity contribution in [3.63, 3.8) is 0 Å². The summed E-state index contributed by atoms with van der Waals surface area (Å²) in [5.74, 6) is 0.137. The fourth-order valence-corrected chi connectivity index (χ4v) is 6.66. The number of piperidine rings is 1. The van der Waals surface area contributed by atoms with Crippen molar-refractivity contribution in [1.29, 1.82) is 0 Å². The fourth-order valence-electron chi connectivity index (χ4n) is 6.35. The number of carbonyl (C=O) groups is 3. The fraction of sp³-hybridized carbons (Fsp3) is 0.344. The van der Waals surface area contributed by atoms with E-state index in [0.29, 0.717) is 46.4 Å². The van der Waals surface area contributed by atoms with E-state index in [9.17, 15) is 19.5 Å². The van der Waals surface area contributed by atoms with Crippen LogP contribution in [0.4, 0.5) is 5.82 Å². The number of anilines is 1. The Bertz CT molecular complexity index is 1840. The average Bonchev–Trinajstić information content (AvgIpc) is 3.41. The number of likely N-dealkylation sites (tertiary alicyclic amines) is 1. The van der Waals surface area contributed by atoms with Gasteiger partial charge in [0.1, 0.15) is 34.5 Å². The molecule has 226 valence electrons. The third-order valence-corrected chi connectivity index (χ3v) is 9.08. The summed E-state index contributed by atoms with van der Waals surface area (Å²) in [6, 6.07) is 6.42. The minimum Gasteiger partial charge on any atom is -0.396 e. The number of hydrogen-bond donors (Lipinski definition) is 2. The first kappa shape index (κ1) is 29.8. The van der Waals surface area contributed by atoms with Crippen molar-refractivity contribution in [2.75, 3.05) is 11.9 Å². The topological polar surface area (TPSA) is 143 Å². The van der Waals surface area contributed by atoms with Crippen LogP contribution in [0.3, 0.4) is 0 Å². The molecule has 2 aliphatic rings. The number of aliphatic hydroxyl groups excluding tert-OH is 1. The number of pyridine rings is 1. The number of rotatable bonds is 9. The van der Waals surface area contributed by atoms with Crippen molar-refractivity contribution >= 4 is 50.2 Å². The summed E-state index contributed by atoms with van der Waals surface area (Å²) >= 11 is 3.36. The van der Waals surface area contributed by atoms with Gasteiger partial charge in [0, 0.05) is 41.7 Å². The van der Waals surface area contributed by atoms with E-state index in [0.717, 1.165) is 22.3 Å². The number of aliphatic hydroxyl groups is 1. The number of Topliss-reactive ketones (excluding diaryl/α,β-unsaturated/α-hetero) is 1. The smallest absolute Gasteiger partial charge is 0.248 e. The predicted octanol–water partition coefficient (Wildman–Crippen LogP) is 4.19. The monoisotopic (exact) mass is 657 g/mol. The number of nitrogens with zero attached hydrogens (tertiary/aromatic N) is 6. The molecule has 12 heteroatoms. The summed E-state index contributed by atoms with van der Waals surface area (Å²) in [5.41, 5.74) is 3.67.